The Kier molecular flexibility index (Phi) is 7.27. The second-order valence-corrected chi connectivity index (χ2v) is 8.67. The number of nitrogens with zero attached hydrogens (tertiary/aromatic N) is 4. The minimum absolute atomic E-state index is 0.337. The van der Waals surface area contributed by atoms with Gasteiger partial charge in [-0.1, -0.05) is 12.1 Å². The van der Waals surface area contributed by atoms with Gasteiger partial charge in [0.15, 0.2) is 0 Å². The summed E-state index contributed by atoms with van der Waals surface area (Å²) < 4.78 is 19.1. The van der Waals surface area contributed by atoms with Crippen LogP contribution in [0.5, 0.6) is 0 Å². The Morgan fingerprint density at radius 3 is 2.65 bits per heavy atom. The van der Waals surface area contributed by atoms with E-state index in [2.05, 4.69) is 20.2 Å². The van der Waals surface area contributed by atoms with Crippen LogP contribution in [0.25, 0.3) is 0 Å². The van der Waals surface area contributed by atoms with Crippen molar-refractivity contribution in [3.8, 4) is 0 Å². The second kappa shape index (κ2) is 9.91. The van der Waals surface area contributed by atoms with Crippen molar-refractivity contribution in [1.82, 2.24) is 15.0 Å². The summed E-state index contributed by atoms with van der Waals surface area (Å²) >= 11 is 0. The number of aromatic nitrogens is 2. The number of anilines is 3. The zero-order valence-electron chi connectivity index (χ0n) is 18.5. The van der Waals surface area contributed by atoms with Gasteiger partial charge in [0.1, 0.15) is 29.4 Å². The van der Waals surface area contributed by atoms with Gasteiger partial charge < -0.3 is 19.8 Å². The number of hydrogen-bond acceptors (Lipinski definition) is 8. The van der Waals surface area contributed by atoms with Crippen molar-refractivity contribution < 1.29 is 18.8 Å². The van der Waals surface area contributed by atoms with Gasteiger partial charge in [-0.3, -0.25) is 0 Å². The fraction of sp³-hybridized carbons (Fsp3) is 0.500. The molecule has 0 unspecified atom stereocenters. The van der Waals surface area contributed by atoms with Crippen LogP contribution in [0.2, 0.25) is 0 Å². The van der Waals surface area contributed by atoms with Crippen LogP contribution in [0, 0.1) is 11.7 Å². The summed E-state index contributed by atoms with van der Waals surface area (Å²) in [4.78, 5) is 27.7. The zero-order valence-corrected chi connectivity index (χ0v) is 18.5. The smallest absolute Gasteiger partial charge is 0.427 e. The standard InChI is InChI=1S/C22H30FN5O3/c1-22(2,3)30-21(29)31-28-11-9-16(10-12-28)14-27(4)20-13-19(24-15-25-20)26-18-8-6-5-7-17(18)23/h5-8,13,15-16H,9-12,14H2,1-4H3,(H,24,25,26). The molecule has 2 heterocycles. The number of rotatable bonds is 6. The number of hydrogen-bond donors (Lipinski definition) is 1. The third-order valence-electron chi connectivity index (χ3n) is 4.88. The maximum absolute atomic E-state index is 13.9. The van der Waals surface area contributed by atoms with Gasteiger partial charge in [-0.2, -0.15) is 0 Å². The second-order valence-electron chi connectivity index (χ2n) is 8.67. The molecule has 0 amide bonds. The third-order valence-corrected chi connectivity index (χ3v) is 4.88. The minimum atomic E-state index is -0.668. The first-order chi connectivity index (χ1) is 14.7. The molecule has 0 atom stereocenters. The minimum Gasteiger partial charge on any atom is -0.427 e. The van der Waals surface area contributed by atoms with E-state index in [9.17, 15) is 9.18 Å². The Bertz CT molecular complexity index is 881. The van der Waals surface area contributed by atoms with E-state index in [0.717, 1.165) is 25.2 Å². The highest BCUT2D eigenvalue weighted by atomic mass is 19.1. The number of carbonyl (C=O) groups is 1. The lowest BCUT2D eigenvalue weighted by atomic mass is 9.97. The molecule has 0 spiro atoms. The molecule has 31 heavy (non-hydrogen) atoms. The average molecular weight is 432 g/mol. The van der Waals surface area contributed by atoms with Crippen LogP contribution < -0.4 is 10.2 Å². The number of halogens is 1. The zero-order chi connectivity index (χ0) is 22.4. The van der Waals surface area contributed by atoms with Crippen LogP contribution in [-0.2, 0) is 9.57 Å². The van der Waals surface area contributed by atoms with Gasteiger partial charge in [-0.25, -0.2) is 19.2 Å². The monoisotopic (exact) mass is 431 g/mol. The van der Waals surface area contributed by atoms with E-state index in [-0.39, 0.29) is 5.82 Å². The first kappa shape index (κ1) is 22.7. The normalized spacial score (nSPS) is 15.4. The third kappa shape index (κ3) is 7.06. The first-order valence-corrected chi connectivity index (χ1v) is 10.4. The van der Waals surface area contributed by atoms with Crippen molar-refractivity contribution in [2.24, 2.45) is 5.92 Å². The molecule has 1 aromatic carbocycles. The molecule has 1 aliphatic rings. The Hall–Kier alpha value is -2.94. The number of ether oxygens (including phenoxy) is 1. The van der Waals surface area contributed by atoms with Crippen LogP contribution in [0.4, 0.5) is 26.5 Å². The molecule has 1 aromatic heterocycles. The Balaban J connectivity index is 1.49. The first-order valence-electron chi connectivity index (χ1n) is 10.4. The van der Waals surface area contributed by atoms with Gasteiger partial charge >= 0.3 is 6.16 Å². The summed E-state index contributed by atoms with van der Waals surface area (Å²) in [5.74, 6) is 1.38. The molecule has 1 fully saturated rings. The highest BCUT2D eigenvalue weighted by Gasteiger charge is 2.26. The van der Waals surface area contributed by atoms with Gasteiger partial charge in [-0.05, 0) is 51.7 Å². The molecule has 0 bridgehead atoms. The van der Waals surface area contributed by atoms with E-state index in [0.29, 0.717) is 30.5 Å². The number of para-hydroxylation sites is 1. The number of hydroxylamine groups is 2. The van der Waals surface area contributed by atoms with E-state index >= 15 is 0 Å². The summed E-state index contributed by atoms with van der Waals surface area (Å²) in [5.41, 5.74) is -0.206. The fourth-order valence-electron chi connectivity index (χ4n) is 3.36. The molecule has 8 nitrogen and oxygen atoms in total. The number of piperidine rings is 1. The van der Waals surface area contributed by atoms with Crippen molar-refractivity contribution in [2.45, 2.75) is 39.2 Å². The van der Waals surface area contributed by atoms with Crippen molar-refractivity contribution in [1.29, 1.82) is 0 Å². The maximum atomic E-state index is 13.9. The molecule has 3 rings (SSSR count). The van der Waals surface area contributed by atoms with Gasteiger partial charge in [-0.15, -0.1) is 5.06 Å². The molecule has 0 aliphatic carbocycles. The van der Waals surface area contributed by atoms with Crippen LogP contribution in [0.3, 0.4) is 0 Å². The van der Waals surface area contributed by atoms with E-state index in [1.54, 1.807) is 50.1 Å². The molecule has 168 valence electrons. The molecule has 2 aromatic rings. The number of benzene rings is 1. The van der Waals surface area contributed by atoms with Crippen molar-refractivity contribution >= 4 is 23.5 Å². The molecular formula is C22H30FN5O3. The largest absolute Gasteiger partial charge is 0.528 e. The van der Waals surface area contributed by atoms with Crippen molar-refractivity contribution in [3.63, 3.8) is 0 Å². The molecule has 1 aliphatic heterocycles. The van der Waals surface area contributed by atoms with Crippen LogP contribution in [0.15, 0.2) is 36.7 Å². The van der Waals surface area contributed by atoms with Gasteiger partial charge in [0.2, 0.25) is 0 Å². The Morgan fingerprint density at radius 2 is 1.97 bits per heavy atom. The molecule has 1 N–H and O–H groups in total. The Labute approximate surface area is 182 Å². The summed E-state index contributed by atoms with van der Waals surface area (Å²) in [6.45, 7) is 7.53. The summed E-state index contributed by atoms with van der Waals surface area (Å²) in [6.07, 6.45) is 2.57. The van der Waals surface area contributed by atoms with Gasteiger partial charge in [0, 0.05) is 32.7 Å². The maximum Gasteiger partial charge on any atom is 0.528 e. The van der Waals surface area contributed by atoms with Gasteiger partial charge in [0.25, 0.3) is 0 Å². The SMILES string of the molecule is CN(CC1CCN(OC(=O)OC(C)(C)C)CC1)c1cc(Nc2ccccc2F)ncn1. The lowest BCUT2D eigenvalue weighted by molar-refractivity contribution is -0.154. The van der Waals surface area contributed by atoms with Crippen LogP contribution >= 0.6 is 0 Å². The van der Waals surface area contributed by atoms with E-state index in [1.165, 1.54) is 12.4 Å². The molecule has 1 saturated heterocycles. The number of carbonyl (C=O) groups excluding carboxylic acids is 1. The quantitative estimate of drug-likeness (QED) is 0.676. The lowest BCUT2D eigenvalue weighted by Crippen LogP contribution is -2.40. The lowest BCUT2D eigenvalue weighted by Gasteiger charge is -2.33. The van der Waals surface area contributed by atoms with Gasteiger partial charge in [0.05, 0.1) is 5.69 Å². The Morgan fingerprint density at radius 1 is 1.26 bits per heavy atom. The molecule has 0 saturated carbocycles. The summed E-state index contributed by atoms with van der Waals surface area (Å²) in [5, 5.41) is 4.65. The molecular weight excluding hydrogens is 401 g/mol. The van der Waals surface area contributed by atoms with E-state index in [4.69, 9.17) is 9.57 Å². The topological polar surface area (TPSA) is 79.8 Å². The highest BCUT2D eigenvalue weighted by Crippen LogP contribution is 2.23. The van der Waals surface area contributed by atoms with Crippen LogP contribution in [0.1, 0.15) is 33.6 Å². The number of nitrogens with one attached hydrogen (secondary N) is 1. The van der Waals surface area contributed by atoms with Crippen molar-refractivity contribution in [2.75, 3.05) is 36.9 Å². The summed E-state index contributed by atoms with van der Waals surface area (Å²) in [6, 6.07) is 8.26. The average Bonchev–Trinajstić information content (AvgIpc) is 2.70. The fourth-order valence-corrected chi connectivity index (χ4v) is 3.36. The predicted octanol–water partition coefficient (Wildman–Crippen LogP) is 4.37. The van der Waals surface area contributed by atoms with E-state index < -0.39 is 11.8 Å². The summed E-state index contributed by atoms with van der Waals surface area (Å²) in [7, 11) is 1.97. The van der Waals surface area contributed by atoms with Crippen LogP contribution in [-0.4, -0.2) is 53.5 Å². The highest BCUT2D eigenvalue weighted by molar-refractivity contribution is 5.60. The predicted molar refractivity (Wildman–Crippen MR) is 117 cm³/mol. The molecule has 9 heteroatoms. The molecule has 0 radical (unpaired) electrons. The van der Waals surface area contributed by atoms with E-state index in [1.807, 2.05) is 7.05 Å². The van der Waals surface area contributed by atoms with Crippen molar-refractivity contribution in [3.05, 3.63) is 42.5 Å².